The maximum Gasteiger partial charge on any atom is 0.128 e. The van der Waals surface area contributed by atoms with Gasteiger partial charge in [-0.1, -0.05) is 54.1 Å². The summed E-state index contributed by atoms with van der Waals surface area (Å²) in [5.41, 5.74) is 2.89. The molecule has 0 aromatic heterocycles. The molecule has 1 aliphatic rings. The highest BCUT2D eigenvalue weighted by Gasteiger charge is 2.26. The van der Waals surface area contributed by atoms with Crippen LogP contribution < -0.4 is 0 Å². The Labute approximate surface area is 145 Å². The van der Waals surface area contributed by atoms with Gasteiger partial charge in [-0.15, -0.1) is 11.8 Å². The molecule has 24 heavy (non-hydrogen) atoms. The van der Waals surface area contributed by atoms with Crippen molar-refractivity contribution < 1.29 is 10.2 Å². The highest BCUT2D eigenvalue weighted by molar-refractivity contribution is 7.99. The number of hydrogen-bond acceptors (Lipinski definition) is 3. The van der Waals surface area contributed by atoms with Crippen molar-refractivity contribution >= 4 is 22.5 Å². The summed E-state index contributed by atoms with van der Waals surface area (Å²) in [7, 11) is 0. The fourth-order valence-electron chi connectivity index (χ4n) is 3.25. The van der Waals surface area contributed by atoms with Crippen LogP contribution in [0, 0.1) is 6.92 Å². The molecular weight excluding hydrogens is 316 g/mol. The van der Waals surface area contributed by atoms with Crippen molar-refractivity contribution in [3.63, 3.8) is 0 Å². The predicted octanol–water partition coefficient (Wildman–Crippen LogP) is 5.51. The number of allylic oxidation sites excluding steroid dienone is 1. The zero-order chi connectivity index (χ0) is 16.7. The molecule has 0 saturated heterocycles. The fraction of sp³-hybridized carbons (Fsp3) is 0.143. The van der Waals surface area contributed by atoms with Crippen molar-refractivity contribution in [3.05, 3.63) is 77.4 Å². The predicted molar refractivity (Wildman–Crippen MR) is 99.9 cm³/mol. The minimum atomic E-state index is -0.00744. The number of phenols is 2. The Morgan fingerprint density at radius 2 is 1.58 bits per heavy atom. The van der Waals surface area contributed by atoms with Crippen molar-refractivity contribution in [3.8, 4) is 11.5 Å². The third-order valence-electron chi connectivity index (χ3n) is 4.50. The molecule has 0 aliphatic heterocycles. The highest BCUT2D eigenvalue weighted by atomic mass is 32.2. The minimum absolute atomic E-state index is 0.00744. The third-order valence-corrected chi connectivity index (χ3v) is 5.70. The van der Waals surface area contributed by atoms with Crippen LogP contribution in [0.1, 0.15) is 21.9 Å². The summed E-state index contributed by atoms with van der Waals surface area (Å²) in [4.78, 5) is 1.15. The summed E-state index contributed by atoms with van der Waals surface area (Å²) in [6, 6.07) is 15.8. The molecule has 0 saturated carbocycles. The van der Waals surface area contributed by atoms with Gasteiger partial charge < -0.3 is 10.2 Å². The molecule has 120 valence electrons. The molecule has 1 atom stereocenters. The van der Waals surface area contributed by atoms with Crippen molar-refractivity contribution in [2.75, 3.05) is 0 Å². The van der Waals surface area contributed by atoms with Crippen molar-refractivity contribution in [1.82, 2.24) is 0 Å². The molecule has 2 nitrogen and oxygen atoms in total. The first kappa shape index (κ1) is 15.2. The number of hydrogen-bond donors (Lipinski definition) is 2. The fourth-order valence-corrected chi connectivity index (χ4v) is 4.40. The maximum absolute atomic E-state index is 10.9. The zero-order valence-corrected chi connectivity index (χ0v) is 14.2. The summed E-state index contributed by atoms with van der Waals surface area (Å²) in [6.45, 7) is 2.07. The van der Waals surface area contributed by atoms with E-state index in [0.717, 1.165) is 16.0 Å². The van der Waals surface area contributed by atoms with Gasteiger partial charge in [-0.3, -0.25) is 0 Å². The van der Waals surface area contributed by atoms with Gasteiger partial charge in [0.2, 0.25) is 0 Å². The number of benzene rings is 3. The van der Waals surface area contributed by atoms with Crippen molar-refractivity contribution in [2.45, 2.75) is 23.5 Å². The monoisotopic (exact) mass is 334 g/mol. The van der Waals surface area contributed by atoms with Gasteiger partial charge in [-0.2, -0.15) is 0 Å². The Hall–Kier alpha value is -2.39. The standard InChI is InChI=1S/C21H18O2S/c1-13-9-11-14(12-10-13)24-18-8-4-7-17-19(18)21(23)16-6-3-2-5-15(16)20(17)22/h2-6,8-12,18,22-23H,7H2,1H3. The summed E-state index contributed by atoms with van der Waals surface area (Å²) >= 11 is 1.69. The minimum Gasteiger partial charge on any atom is -0.507 e. The molecule has 1 unspecified atom stereocenters. The van der Waals surface area contributed by atoms with Gasteiger partial charge in [0.15, 0.2) is 0 Å². The van der Waals surface area contributed by atoms with Crippen LogP contribution in [0.25, 0.3) is 10.8 Å². The Kier molecular flexibility index (Phi) is 3.73. The summed E-state index contributed by atoms with van der Waals surface area (Å²) in [5.74, 6) is 0.574. The van der Waals surface area contributed by atoms with Crippen molar-refractivity contribution in [1.29, 1.82) is 0 Å². The molecule has 3 heteroatoms. The molecule has 1 aliphatic carbocycles. The van der Waals surface area contributed by atoms with Crippen LogP contribution in [0.5, 0.6) is 11.5 Å². The van der Waals surface area contributed by atoms with Gasteiger partial charge in [0.1, 0.15) is 11.5 Å². The van der Waals surface area contributed by atoms with Crippen LogP contribution in [0.2, 0.25) is 0 Å². The van der Waals surface area contributed by atoms with Gasteiger partial charge in [-0.05, 0) is 25.5 Å². The summed E-state index contributed by atoms with van der Waals surface area (Å²) in [5, 5.41) is 23.0. The largest absolute Gasteiger partial charge is 0.507 e. The van der Waals surface area contributed by atoms with E-state index in [4.69, 9.17) is 0 Å². The zero-order valence-electron chi connectivity index (χ0n) is 13.4. The molecule has 0 fully saturated rings. The molecule has 0 heterocycles. The summed E-state index contributed by atoms with van der Waals surface area (Å²) in [6.07, 6.45) is 4.83. The third kappa shape index (κ3) is 2.45. The second-order valence-electron chi connectivity index (χ2n) is 6.12. The highest BCUT2D eigenvalue weighted by Crippen LogP contribution is 2.50. The van der Waals surface area contributed by atoms with E-state index in [9.17, 15) is 10.2 Å². The lowest BCUT2D eigenvalue weighted by molar-refractivity contribution is 0.459. The van der Waals surface area contributed by atoms with Crippen LogP contribution >= 0.6 is 11.8 Å². The quantitative estimate of drug-likeness (QED) is 0.480. The first-order chi connectivity index (χ1) is 11.6. The van der Waals surface area contributed by atoms with Crippen LogP contribution in [0.4, 0.5) is 0 Å². The van der Waals surface area contributed by atoms with E-state index in [0.29, 0.717) is 17.2 Å². The van der Waals surface area contributed by atoms with Gasteiger partial charge >= 0.3 is 0 Å². The average molecular weight is 334 g/mol. The molecule has 3 aromatic rings. The number of thioether (sulfide) groups is 1. The van der Waals surface area contributed by atoms with Gasteiger partial charge in [-0.25, -0.2) is 0 Å². The van der Waals surface area contributed by atoms with E-state index in [1.165, 1.54) is 5.56 Å². The number of phenolic OH excluding ortho intramolecular Hbond substituents is 2. The van der Waals surface area contributed by atoms with Crippen LogP contribution in [0.3, 0.4) is 0 Å². The second kappa shape index (κ2) is 5.91. The lowest BCUT2D eigenvalue weighted by atomic mass is 9.90. The molecular formula is C21H18O2S. The molecule has 0 bridgehead atoms. The van der Waals surface area contributed by atoms with E-state index >= 15 is 0 Å². The van der Waals surface area contributed by atoms with E-state index in [-0.39, 0.29) is 16.7 Å². The normalized spacial score (nSPS) is 16.3. The number of aromatic hydroxyl groups is 2. The summed E-state index contributed by atoms with van der Waals surface area (Å²) < 4.78 is 0. The molecule has 4 rings (SSSR count). The van der Waals surface area contributed by atoms with Crippen molar-refractivity contribution in [2.24, 2.45) is 0 Å². The van der Waals surface area contributed by atoms with Crippen LogP contribution in [-0.4, -0.2) is 10.2 Å². The van der Waals surface area contributed by atoms with Gasteiger partial charge in [0, 0.05) is 26.8 Å². The SMILES string of the molecule is Cc1ccc(SC2C=CCc3c2c(O)c2ccccc2c3O)cc1. The lowest BCUT2D eigenvalue weighted by Crippen LogP contribution is -2.04. The average Bonchev–Trinajstić information content (AvgIpc) is 2.61. The Balaban J connectivity index is 1.84. The van der Waals surface area contributed by atoms with E-state index in [2.05, 4.69) is 43.3 Å². The second-order valence-corrected chi connectivity index (χ2v) is 7.33. The Morgan fingerprint density at radius 3 is 2.29 bits per heavy atom. The Bertz CT molecular complexity index is 942. The van der Waals surface area contributed by atoms with Gasteiger partial charge in [0.25, 0.3) is 0 Å². The topological polar surface area (TPSA) is 40.5 Å². The van der Waals surface area contributed by atoms with Gasteiger partial charge in [0.05, 0.1) is 5.25 Å². The number of fused-ring (bicyclic) bond motifs is 2. The van der Waals surface area contributed by atoms with E-state index in [1.54, 1.807) is 11.8 Å². The number of aryl methyl sites for hydroxylation is 1. The lowest BCUT2D eigenvalue weighted by Gasteiger charge is -2.24. The smallest absolute Gasteiger partial charge is 0.128 e. The molecule has 3 aromatic carbocycles. The molecule has 0 radical (unpaired) electrons. The first-order valence-electron chi connectivity index (χ1n) is 8.00. The molecule has 0 spiro atoms. The molecule has 0 amide bonds. The number of rotatable bonds is 2. The van der Waals surface area contributed by atoms with Crippen LogP contribution in [0.15, 0.2) is 65.6 Å². The van der Waals surface area contributed by atoms with Crippen LogP contribution in [-0.2, 0) is 6.42 Å². The maximum atomic E-state index is 10.9. The van der Waals surface area contributed by atoms with E-state index < -0.39 is 0 Å². The van der Waals surface area contributed by atoms with E-state index in [1.807, 2.05) is 24.3 Å². The molecule has 2 N–H and O–H groups in total. The Morgan fingerprint density at radius 1 is 0.917 bits per heavy atom. The first-order valence-corrected chi connectivity index (χ1v) is 8.88.